The molecule has 3 aromatic rings. The van der Waals surface area contributed by atoms with Crippen molar-refractivity contribution in [2.75, 3.05) is 24.5 Å². The van der Waals surface area contributed by atoms with Crippen molar-refractivity contribution >= 4 is 39.1 Å². The number of carbonyl (C=O) groups excluding carboxylic acids is 2. The fourth-order valence-corrected chi connectivity index (χ4v) is 5.52. The number of hydrogen-bond donors (Lipinski definition) is 1. The first-order valence-electron chi connectivity index (χ1n) is 12.6. The number of halogens is 1. The lowest BCUT2D eigenvalue weighted by Gasteiger charge is -2.32. The Balaban J connectivity index is 2.02. The van der Waals surface area contributed by atoms with Crippen LogP contribution in [0.3, 0.4) is 0 Å². The number of sulfonamides is 1. The van der Waals surface area contributed by atoms with Crippen LogP contribution in [0.5, 0.6) is 5.75 Å². The summed E-state index contributed by atoms with van der Waals surface area (Å²) in [4.78, 5) is 28.3. The largest absolute Gasteiger partial charge is 0.497 e. The normalized spacial score (nSPS) is 12.1. The standard InChI is InChI=1S/C29H34ClN3O5S/c1-21(2)18-31-29(35)22(3)32(19-23-10-8-11-24(30)16-23)28(34)20-33(25-12-9-13-26(17-25)38-4)39(36,37)27-14-6-5-7-15-27/h5-17,21-22H,18-20H2,1-4H3,(H,31,35). The van der Waals surface area contributed by atoms with Crippen molar-refractivity contribution in [1.82, 2.24) is 10.2 Å². The van der Waals surface area contributed by atoms with E-state index in [-0.39, 0.29) is 29.0 Å². The van der Waals surface area contributed by atoms with Gasteiger partial charge in [-0.25, -0.2) is 8.42 Å². The van der Waals surface area contributed by atoms with Crippen LogP contribution in [0, 0.1) is 5.92 Å². The number of carbonyl (C=O) groups is 2. The van der Waals surface area contributed by atoms with Gasteiger partial charge in [-0.2, -0.15) is 0 Å². The summed E-state index contributed by atoms with van der Waals surface area (Å²) < 4.78 is 33.9. The molecule has 0 radical (unpaired) electrons. The van der Waals surface area contributed by atoms with Gasteiger partial charge in [-0.3, -0.25) is 13.9 Å². The molecule has 1 unspecified atom stereocenters. The highest BCUT2D eigenvalue weighted by atomic mass is 35.5. The Kier molecular flexibility index (Phi) is 10.4. The van der Waals surface area contributed by atoms with Crippen molar-refractivity contribution in [1.29, 1.82) is 0 Å². The highest BCUT2D eigenvalue weighted by molar-refractivity contribution is 7.92. The fraction of sp³-hybridized carbons (Fsp3) is 0.310. The molecule has 0 aliphatic carbocycles. The van der Waals surface area contributed by atoms with Crippen LogP contribution in [0.1, 0.15) is 26.3 Å². The first kappa shape index (κ1) is 30.0. The summed E-state index contributed by atoms with van der Waals surface area (Å²) in [7, 11) is -2.67. The maximum atomic E-state index is 13.9. The van der Waals surface area contributed by atoms with Crippen molar-refractivity contribution in [3.8, 4) is 5.75 Å². The van der Waals surface area contributed by atoms with Crippen LogP contribution < -0.4 is 14.4 Å². The molecule has 1 atom stereocenters. The molecule has 8 nitrogen and oxygen atoms in total. The van der Waals surface area contributed by atoms with Crippen molar-refractivity contribution in [2.45, 2.75) is 38.3 Å². The zero-order valence-electron chi connectivity index (χ0n) is 22.5. The highest BCUT2D eigenvalue weighted by Crippen LogP contribution is 2.27. The van der Waals surface area contributed by atoms with Gasteiger partial charge in [0.15, 0.2) is 0 Å². The van der Waals surface area contributed by atoms with Crippen LogP contribution in [0.4, 0.5) is 5.69 Å². The van der Waals surface area contributed by atoms with E-state index >= 15 is 0 Å². The van der Waals surface area contributed by atoms with Crippen LogP contribution in [0.2, 0.25) is 5.02 Å². The molecule has 208 valence electrons. The van der Waals surface area contributed by atoms with E-state index in [1.54, 1.807) is 73.7 Å². The molecule has 39 heavy (non-hydrogen) atoms. The lowest BCUT2D eigenvalue weighted by Crippen LogP contribution is -2.51. The van der Waals surface area contributed by atoms with E-state index in [1.807, 2.05) is 13.8 Å². The lowest BCUT2D eigenvalue weighted by atomic mass is 10.1. The third-order valence-electron chi connectivity index (χ3n) is 6.05. The molecule has 0 saturated heterocycles. The van der Waals surface area contributed by atoms with E-state index < -0.39 is 28.5 Å². The second kappa shape index (κ2) is 13.5. The summed E-state index contributed by atoms with van der Waals surface area (Å²) in [5.41, 5.74) is 0.962. The van der Waals surface area contributed by atoms with Gasteiger partial charge in [-0.1, -0.05) is 61.8 Å². The number of anilines is 1. The topological polar surface area (TPSA) is 96.0 Å². The average molecular weight is 572 g/mol. The van der Waals surface area contributed by atoms with Crippen LogP contribution in [-0.4, -0.2) is 51.4 Å². The molecular weight excluding hydrogens is 538 g/mol. The maximum Gasteiger partial charge on any atom is 0.264 e. The molecule has 0 fully saturated rings. The van der Waals surface area contributed by atoms with E-state index in [2.05, 4.69) is 5.32 Å². The molecule has 0 saturated carbocycles. The van der Waals surface area contributed by atoms with Crippen LogP contribution >= 0.6 is 11.6 Å². The summed E-state index contributed by atoms with van der Waals surface area (Å²) in [6, 6.07) is 20.5. The number of amides is 2. The highest BCUT2D eigenvalue weighted by Gasteiger charge is 2.32. The zero-order valence-corrected chi connectivity index (χ0v) is 24.1. The van der Waals surface area contributed by atoms with Crippen molar-refractivity contribution < 1.29 is 22.7 Å². The molecule has 3 rings (SSSR count). The van der Waals surface area contributed by atoms with E-state index in [1.165, 1.54) is 24.1 Å². The number of nitrogens with one attached hydrogen (secondary N) is 1. The van der Waals surface area contributed by atoms with Gasteiger partial charge in [0.1, 0.15) is 18.3 Å². The number of ether oxygens (including phenoxy) is 1. The Morgan fingerprint density at radius 2 is 1.64 bits per heavy atom. The fourth-order valence-electron chi connectivity index (χ4n) is 3.88. The number of nitrogens with zero attached hydrogens (tertiary/aromatic N) is 2. The summed E-state index contributed by atoms with van der Waals surface area (Å²) in [5, 5.41) is 3.35. The number of methoxy groups -OCH3 is 1. The molecular formula is C29H34ClN3O5S. The quantitative estimate of drug-likeness (QED) is 0.339. The predicted octanol–water partition coefficient (Wildman–Crippen LogP) is 4.73. The molecule has 0 aliphatic heterocycles. The molecule has 0 spiro atoms. The van der Waals surface area contributed by atoms with E-state index in [0.29, 0.717) is 22.9 Å². The summed E-state index contributed by atoms with van der Waals surface area (Å²) >= 11 is 6.17. The molecule has 1 N–H and O–H groups in total. The second-order valence-corrected chi connectivity index (χ2v) is 11.8. The van der Waals surface area contributed by atoms with Gasteiger partial charge >= 0.3 is 0 Å². The summed E-state index contributed by atoms with van der Waals surface area (Å²) in [6.07, 6.45) is 0. The molecule has 10 heteroatoms. The Hall–Kier alpha value is -3.56. The summed E-state index contributed by atoms with van der Waals surface area (Å²) in [6.45, 7) is 5.54. The smallest absolute Gasteiger partial charge is 0.264 e. The minimum Gasteiger partial charge on any atom is -0.497 e. The zero-order chi connectivity index (χ0) is 28.6. The van der Waals surface area contributed by atoms with Gasteiger partial charge in [0.25, 0.3) is 10.0 Å². The Morgan fingerprint density at radius 1 is 0.949 bits per heavy atom. The van der Waals surface area contributed by atoms with Crippen LogP contribution in [0.15, 0.2) is 83.8 Å². The minimum absolute atomic E-state index is 0.0322. The molecule has 0 aliphatic rings. The Morgan fingerprint density at radius 3 is 2.28 bits per heavy atom. The monoisotopic (exact) mass is 571 g/mol. The summed E-state index contributed by atoms with van der Waals surface area (Å²) in [5.74, 6) is -0.231. The average Bonchev–Trinajstić information content (AvgIpc) is 2.93. The third-order valence-corrected chi connectivity index (χ3v) is 8.07. The van der Waals surface area contributed by atoms with Crippen molar-refractivity contribution in [3.05, 3.63) is 89.4 Å². The van der Waals surface area contributed by atoms with E-state index in [9.17, 15) is 18.0 Å². The SMILES string of the molecule is COc1cccc(N(CC(=O)N(Cc2cccc(Cl)c2)C(C)C(=O)NCC(C)C)S(=O)(=O)c2ccccc2)c1. The van der Waals surface area contributed by atoms with Crippen LogP contribution in [-0.2, 0) is 26.2 Å². The van der Waals surface area contributed by atoms with Gasteiger partial charge in [0, 0.05) is 24.2 Å². The molecule has 0 aromatic heterocycles. The van der Waals surface area contributed by atoms with Crippen molar-refractivity contribution in [2.24, 2.45) is 5.92 Å². The minimum atomic E-state index is -4.15. The number of hydrogen-bond acceptors (Lipinski definition) is 5. The van der Waals surface area contributed by atoms with Gasteiger partial charge in [-0.15, -0.1) is 0 Å². The molecule has 0 bridgehead atoms. The molecule has 2 amide bonds. The van der Waals surface area contributed by atoms with E-state index in [0.717, 1.165) is 4.31 Å². The van der Waals surface area contributed by atoms with Gasteiger partial charge in [-0.05, 0) is 54.8 Å². The number of benzene rings is 3. The van der Waals surface area contributed by atoms with E-state index in [4.69, 9.17) is 16.3 Å². The lowest BCUT2D eigenvalue weighted by molar-refractivity contribution is -0.139. The third kappa shape index (κ3) is 7.97. The molecule has 0 heterocycles. The molecule has 3 aromatic carbocycles. The van der Waals surface area contributed by atoms with Crippen LogP contribution in [0.25, 0.3) is 0 Å². The van der Waals surface area contributed by atoms with Gasteiger partial charge in [0.2, 0.25) is 11.8 Å². The van der Waals surface area contributed by atoms with Gasteiger partial charge in [0.05, 0.1) is 17.7 Å². The second-order valence-electron chi connectivity index (χ2n) is 9.49. The first-order valence-corrected chi connectivity index (χ1v) is 14.4. The Labute approximate surface area is 235 Å². The van der Waals surface area contributed by atoms with Crippen molar-refractivity contribution in [3.63, 3.8) is 0 Å². The van der Waals surface area contributed by atoms with Gasteiger partial charge < -0.3 is 15.0 Å². The predicted molar refractivity (Wildman–Crippen MR) is 153 cm³/mol. The Bertz CT molecular complexity index is 1380. The first-order chi connectivity index (χ1) is 18.5. The maximum absolute atomic E-state index is 13.9. The number of rotatable bonds is 12.